The third-order valence-corrected chi connectivity index (χ3v) is 8.07. The Morgan fingerprint density at radius 1 is 0.892 bits per heavy atom. The molecule has 0 spiro atoms. The third kappa shape index (κ3) is 6.41. The van der Waals surface area contributed by atoms with Crippen LogP contribution in [0.3, 0.4) is 0 Å². The van der Waals surface area contributed by atoms with Gasteiger partial charge in [0, 0.05) is 28.9 Å². The van der Waals surface area contributed by atoms with Crippen molar-refractivity contribution in [1.82, 2.24) is 4.98 Å². The summed E-state index contributed by atoms with van der Waals surface area (Å²) < 4.78 is 0. The van der Waals surface area contributed by atoms with Crippen LogP contribution in [0.5, 0.6) is 5.75 Å². The molecule has 2 N–H and O–H groups in total. The summed E-state index contributed by atoms with van der Waals surface area (Å²) >= 11 is 0. The van der Waals surface area contributed by atoms with Gasteiger partial charge in [-0.2, -0.15) is 0 Å². The largest absolute Gasteiger partial charge is 0.508 e. The minimum atomic E-state index is -0.218. The number of carbonyl (C=O) groups excluding carboxylic acids is 1. The number of anilines is 1. The molecule has 1 fully saturated rings. The van der Waals surface area contributed by atoms with Crippen molar-refractivity contribution in [3.63, 3.8) is 0 Å². The number of benzene rings is 2. The highest BCUT2D eigenvalue weighted by Gasteiger charge is 2.39. The summed E-state index contributed by atoms with van der Waals surface area (Å²) in [7, 11) is 0. The highest BCUT2D eigenvalue weighted by Crippen LogP contribution is 2.44. The van der Waals surface area contributed by atoms with E-state index in [2.05, 4.69) is 63.3 Å². The lowest BCUT2D eigenvalue weighted by Crippen LogP contribution is -2.37. The van der Waals surface area contributed by atoms with Gasteiger partial charge in [-0.05, 0) is 78.5 Å². The molecule has 1 saturated carbocycles. The Labute approximate surface area is 222 Å². The number of hydrogen-bond acceptors (Lipinski definition) is 3. The lowest BCUT2D eigenvalue weighted by molar-refractivity contribution is -0.120. The van der Waals surface area contributed by atoms with Crippen LogP contribution >= 0.6 is 0 Å². The van der Waals surface area contributed by atoms with Crippen LogP contribution in [0.2, 0.25) is 0 Å². The number of hydrogen-bond donors (Lipinski definition) is 2. The molecule has 2 aromatic carbocycles. The van der Waals surface area contributed by atoms with Crippen molar-refractivity contribution < 1.29 is 9.90 Å². The molecular weight excluding hydrogens is 456 g/mol. The molecule has 1 heterocycles. The Morgan fingerprint density at radius 2 is 1.54 bits per heavy atom. The van der Waals surface area contributed by atoms with E-state index in [4.69, 9.17) is 4.98 Å². The van der Waals surface area contributed by atoms with E-state index in [0.29, 0.717) is 18.3 Å². The van der Waals surface area contributed by atoms with Crippen LogP contribution in [0.4, 0.5) is 5.69 Å². The molecule has 1 aromatic heterocycles. The Morgan fingerprint density at radius 3 is 2.11 bits per heavy atom. The molecule has 4 heteroatoms. The Hall–Kier alpha value is -3.14. The number of nitrogens with zero attached hydrogens (tertiary/aromatic N) is 1. The highest BCUT2D eigenvalue weighted by molar-refractivity contribution is 5.94. The maximum atomic E-state index is 14.2. The lowest BCUT2D eigenvalue weighted by atomic mass is 9.66. The summed E-state index contributed by atoms with van der Waals surface area (Å²) in [6.45, 7) is 8.73. The summed E-state index contributed by atoms with van der Waals surface area (Å²) in [5, 5.41) is 13.2. The van der Waals surface area contributed by atoms with Crippen molar-refractivity contribution >= 4 is 11.6 Å². The maximum absolute atomic E-state index is 14.2. The summed E-state index contributed by atoms with van der Waals surface area (Å²) in [6.07, 6.45) is 8.96. The number of aromatic nitrogens is 1. The molecule has 1 aliphatic rings. The number of phenols is 1. The number of amides is 1. The van der Waals surface area contributed by atoms with Crippen LogP contribution in [0.1, 0.15) is 100 Å². The van der Waals surface area contributed by atoms with Crippen molar-refractivity contribution in [2.24, 2.45) is 5.92 Å². The molecule has 196 valence electrons. The molecule has 0 aliphatic heterocycles. The van der Waals surface area contributed by atoms with Gasteiger partial charge in [-0.1, -0.05) is 83.4 Å². The van der Waals surface area contributed by atoms with E-state index in [1.807, 2.05) is 24.4 Å². The second kappa shape index (κ2) is 11.9. The van der Waals surface area contributed by atoms with Crippen LogP contribution in [0.25, 0.3) is 0 Å². The number of rotatable bonds is 9. The van der Waals surface area contributed by atoms with E-state index in [1.54, 1.807) is 12.1 Å². The quantitative estimate of drug-likeness (QED) is 0.313. The van der Waals surface area contributed by atoms with Gasteiger partial charge >= 0.3 is 0 Å². The smallest absolute Gasteiger partial charge is 0.227 e. The molecular formula is C33H42N2O2. The molecule has 4 nitrogen and oxygen atoms in total. The lowest BCUT2D eigenvalue weighted by Gasteiger charge is -2.39. The molecule has 3 aromatic rings. The average Bonchev–Trinajstić information content (AvgIpc) is 2.90. The molecule has 0 bridgehead atoms. The summed E-state index contributed by atoms with van der Waals surface area (Å²) in [4.78, 5) is 19.0. The topological polar surface area (TPSA) is 62.2 Å². The van der Waals surface area contributed by atoms with Gasteiger partial charge in [0.05, 0.1) is 0 Å². The first-order valence-electron chi connectivity index (χ1n) is 13.9. The first-order chi connectivity index (χ1) is 17.8. The predicted octanol–water partition coefficient (Wildman–Crippen LogP) is 8.12. The van der Waals surface area contributed by atoms with Gasteiger partial charge in [-0.3, -0.25) is 9.78 Å². The van der Waals surface area contributed by atoms with E-state index in [1.165, 1.54) is 17.5 Å². The first-order valence-corrected chi connectivity index (χ1v) is 13.9. The van der Waals surface area contributed by atoms with Gasteiger partial charge in [-0.15, -0.1) is 0 Å². The van der Waals surface area contributed by atoms with Crippen LogP contribution in [0.15, 0.2) is 66.9 Å². The van der Waals surface area contributed by atoms with Gasteiger partial charge in [-0.25, -0.2) is 0 Å². The minimum absolute atomic E-state index is 0.0731. The molecule has 1 amide bonds. The number of phenolic OH excluding ortho intramolecular Hbond substituents is 1. The SMILES string of the molecule is CC(C)c1cccc(C(C)C)c1NC(=O)C(Cc1ccc(O)cc1)CC1(c2ccccn2)CCCCC1. The second-order valence-electron chi connectivity index (χ2n) is 11.4. The van der Waals surface area contributed by atoms with Crippen LogP contribution < -0.4 is 5.32 Å². The zero-order valence-corrected chi connectivity index (χ0v) is 22.8. The van der Waals surface area contributed by atoms with E-state index in [-0.39, 0.29) is 23.0 Å². The number of carbonyl (C=O) groups is 1. The van der Waals surface area contributed by atoms with Crippen LogP contribution in [-0.4, -0.2) is 16.0 Å². The van der Waals surface area contributed by atoms with E-state index in [0.717, 1.165) is 49.0 Å². The molecule has 1 aliphatic carbocycles. The van der Waals surface area contributed by atoms with Gasteiger partial charge in [0.1, 0.15) is 5.75 Å². The fourth-order valence-electron chi connectivity index (χ4n) is 6.04. The molecule has 0 radical (unpaired) electrons. The van der Waals surface area contributed by atoms with Crippen LogP contribution in [0, 0.1) is 5.92 Å². The van der Waals surface area contributed by atoms with E-state index >= 15 is 0 Å². The third-order valence-electron chi connectivity index (χ3n) is 8.07. The van der Waals surface area contributed by atoms with Crippen molar-refractivity contribution in [2.75, 3.05) is 5.32 Å². The van der Waals surface area contributed by atoms with E-state index in [9.17, 15) is 9.90 Å². The van der Waals surface area contributed by atoms with Crippen LogP contribution in [-0.2, 0) is 16.6 Å². The molecule has 0 saturated heterocycles. The number of nitrogens with one attached hydrogen (secondary N) is 1. The zero-order valence-electron chi connectivity index (χ0n) is 22.8. The number of pyridine rings is 1. The van der Waals surface area contributed by atoms with Crippen molar-refractivity contribution in [3.8, 4) is 5.75 Å². The molecule has 1 atom stereocenters. The number of aromatic hydroxyl groups is 1. The Kier molecular flexibility index (Phi) is 8.68. The monoisotopic (exact) mass is 498 g/mol. The standard InChI is InChI=1S/C33H42N2O2/c1-23(2)28-11-10-12-29(24(3)4)31(28)35-32(37)26(21-25-14-16-27(36)17-15-25)22-33(18-7-5-8-19-33)30-13-6-9-20-34-30/h6,9-17,20,23-24,26,36H,5,7-8,18-19,21-22H2,1-4H3,(H,35,37). The molecule has 4 rings (SSSR count). The summed E-state index contributed by atoms with van der Waals surface area (Å²) in [6, 6.07) is 19.9. The Balaban J connectivity index is 1.71. The highest BCUT2D eigenvalue weighted by atomic mass is 16.3. The van der Waals surface area contributed by atoms with E-state index < -0.39 is 0 Å². The average molecular weight is 499 g/mol. The summed E-state index contributed by atoms with van der Waals surface area (Å²) in [5.74, 6) is 0.716. The zero-order chi connectivity index (χ0) is 26.4. The normalized spacial score (nSPS) is 16.1. The number of para-hydroxylation sites is 1. The maximum Gasteiger partial charge on any atom is 0.227 e. The first kappa shape index (κ1) is 26.9. The Bertz CT molecular complexity index is 1140. The van der Waals surface area contributed by atoms with Gasteiger partial charge in [0.15, 0.2) is 0 Å². The minimum Gasteiger partial charge on any atom is -0.508 e. The van der Waals surface area contributed by atoms with Gasteiger partial charge in [0.2, 0.25) is 5.91 Å². The van der Waals surface area contributed by atoms with Crippen molar-refractivity contribution in [3.05, 3.63) is 89.2 Å². The predicted molar refractivity (Wildman–Crippen MR) is 152 cm³/mol. The van der Waals surface area contributed by atoms with Gasteiger partial charge < -0.3 is 10.4 Å². The van der Waals surface area contributed by atoms with Crippen molar-refractivity contribution in [2.45, 2.75) is 89.9 Å². The fourth-order valence-corrected chi connectivity index (χ4v) is 6.04. The summed E-state index contributed by atoms with van der Waals surface area (Å²) in [5.41, 5.74) is 5.41. The van der Waals surface area contributed by atoms with Gasteiger partial charge in [0.25, 0.3) is 0 Å². The molecule has 1 unspecified atom stereocenters. The second-order valence-corrected chi connectivity index (χ2v) is 11.4. The fraction of sp³-hybridized carbons (Fsp3) is 0.455. The van der Waals surface area contributed by atoms with Crippen molar-refractivity contribution in [1.29, 1.82) is 0 Å². The molecule has 37 heavy (non-hydrogen) atoms.